The maximum Gasteiger partial charge on any atom is 0.306 e. The van der Waals surface area contributed by atoms with Gasteiger partial charge in [0.1, 0.15) is 13.2 Å². The largest absolute Gasteiger partial charge is 0.462 e. The van der Waals surface area contributed by atoms with Crippen molar-refractivity contribution in [2.45, 2.75) is 310 Å². The molecule has 0 saturated heterocycles. The normalized spacial score (nSPS) is 11.9. The van der Waals surface area contributed by atoms with E-state index in [4.69, 9.17) is 14.2 Å². The number of rotatable bonds is 49. The van der Waals surface area contributed by atoms with Crippen molar-refractivity contribution in [1.82, 2.24) is 0 Å². The smallest absolute Gasteiger partial charge is 0.306 e. The first-order valence-electron chi connectivity index (χ1n) is 26.9. The zero-order chi connectivity index (χ0) is 43.8. The quantitative estimate of drug-likeness (QED) is 0.0345. The highest BCUT2D eigenvalue weighted by molar-refractivity contribution is 5.71. The summed E-state index contributed by atoms with van der Waals surface area (Å²) in [6.45, 7) is 8.99. The van der Waals surface area contributed by atoms with Gasteiger partial charge in [-0.3, -0.25) is 14.4 Å². The monoisotopic (exact) mass is 849 g/mol. The van der Waals surface area contributed by atoms with Crippen LogP contribution in [0.4, 0.5) is 0 Å². The average Bonchev–Trinajstić information content (AvgIpc) is 3.23. The minimum atomic E-state index is -0.761. The molecule has 0 fully saturated rings. The summed E-state index contributed by atoms with van der Waals surface area (Å²) < 4.78 is 16.8. The van der Waals surface area contributed by atoms with Gasteiger partial charge in [-0.25, -0.2) is 0 Å². The Balaban J connectivity index is 4.27. The van der Waals surface area contributed by atoms with Crippen molar-refractivity contribution < 1.29 is 28.6 Å². The fourth-order valence-electron chi connectivity index (χ4n) is 8.22. The highest BCUT2D eigenvalue weighted by Crippen LogP contribution is 2.17. The zero-order valence-electron chi connectivity index (χ0n) is 40.9. The SMILES string of the molecule is CCCCCCCCCCCCCCCCCCC(=O)OC[C@@H](COC(=O)CCCCCCCCCC(C)C)OC(=O)CCCCCCCCCCCCCCCCCC. The Hall–Kier alpha value is -1.59. The molecule has 0 radical (unpaired) electrons. The third-order valence-corrected chi connectivity index (χ3v) is 12.3. The summed E-state index contributed by atoms with van der Waals surface area (Å²) in [5, 5.41) is 0. The van der Waals surface area contributed by atoms with Crippen LogP contribution in [0.3, 0.4) is 0 Å². The lowest BCUT2D eigenvalue weighted by molar-refractivity contribution is -0.167. The molecule has 0 spiro atoms. The van der Waals surface area contributed by atoms with Crippen LogP contribution >= 0.6 is 0 Å². The van der Waals surface area contributed by atoms with Gasteiger partial charge in [0.2, 0.25) is 0 Å². The Bertz CT molecular complexity index is 903. The fourth-order valence-corrected chi connectivity index (χ4v) is 8.22. The van der Waals surface area contributed by atoms with Crippen molar-refractivity contribution in [2.24, 2.45) is 5.92 Å². The molecule has 0 heterocycles. The molecular weight excluding hydrogens is 745 g/mol. The first kappa shape index (κ1) is 58.4. The Kier molecular flexibility index (Phi) is 47.2. The number of esters is 3. The van der Waals surface area contributed by atoms with Gasteiger partial charge in [0.15, 0.2) is 6.10 Å². The van der Waals surface area contributed by atoms with Gasteiger partial charge < -0.3 is 14.2 Å². The molecule has 0 unspecified atom stereocenters. The summed E-state index contributed by atoms with van der Waals surface area (Å²) in [5.74, 6) is -0.0629. The van der Waals surface area contributed by atoms with E-state index in [-0.39, 0.29) is 31.1 Å². The molecule has 1 atom stereocenters. The second-order valence-electron chi connectivity index (χ2n) is 19.0. The van der Waals surface area contributed by atoms with E-state index in [9.17, 15) is 14.4 Å². The molecule has 356 valence electrons. The van der Waals surface area contributed by atoms with Gasteiger partial charge in [-0.1, -0.05) is 265 Å². The molecule has 0 aliphatic rings. The molecule has 0 aliphatic carbocycles. The topological polar surface area (TPSA) is 78.9 Å². The van der Waals surface area contributed by atoms with E-state index in [0.29, 0.717) is 19.3 Å². The third-order valence-electron chi connectivity index (χ3n) is 12.3. The van der Waals surface area contributed by atoms with E-state index in [1.54, 1.807) is 0 Å². The predicted molar refractivity (Wildman–Crippen MR) is 257 cm³/mol. The maximum absolute atomic E-state index is 12.8. The number of carbonyl (C=O) groups excluding carboxylic acids is 3. The van der Waals surface area contributed by atoms with Gasteiger partial charge in [0.25, 0.3) is 0 Å². The van der Waals surface area contributed by atoms with Gasteiger partial charge >= 0.3 is 17.9 Å². The lowest BCUT2D eigenvalue weighted by Gasteiger charge is -2.18. The summed E-state index contributed by atoms with van der Waals surface area (Å²) in [4.78, 5) is 38.0. The number of hydrogen-bond acceptors (Lipinski definition) is 6. The molecule has 6 nitrogen and oxygen atoms in total. The number of unbranched alkanes of at least 4 members (excludes halogenated alkanes) is 36. The minimum absolute atomic E-state index is 0.0630. The van der Waals surface area contributed by atoms with Crippen molar-refractivity contribution in [2.75, 3.05) is 13.2 Å². The molecule has 6 heteroatoms. The average molecular weight is 849 g/mol. The van der Waals surface area contributed by atoms with Crippen molar-refractivity contribution in [3.63, 3.8) is 0 Å². The number of hydrogen-bond donors (Lipinski definition) is 0. The summed E-state index contributed by atoms with van der Waals surface area (Å²) in [5.41, 5.74) is 0. The highest BCUT2D eigenvalue weighted by atomic mass is 16.6. The Morgan fingerprint density at radius 3 is 0.817 bits per heavy atom. The first-order chi connectivity index (χ1) is 29.4. The van der Waals surface area contributed by atoms with Crippen molar-refractivity contribution in [3.05, 3.63) is 0 Å². The van der Waals surface area contributed by atoms with E-state index < -0.39 is 6.10 Å². The molecule has 0 saturated carbocycles. The molecule has 0 rings (SSSR count). The molecule has 0 bridgehead atoms. The summed E-state index contributed by atoms with van der Waals surface area (Å²) in [6, 6.07) is 0. The number of ether oxygens (including phenoxy) is 3. The van der Waals surface area contributed by atoms with E-state index >= 15 is 0 Å². The van der Waals surface area contributed by atoms with Gasteiger partial charge in [0.05, 0.1) is 0 Å². The first-order valence-corrected chi connectivity index (χ1v) is 26.9. The van der Waals surface area contributed by atoms with Gasteiger partial charge in [-0.05, 0) is 25.2 Å². The van der Waals surface area contributed by atoms with Crippen molar-refractivity contribution in [3.8, 4) is 0 Å². The Morgan fingerprint density at radius 2 is 0.550 bits per heavy atom. The van der Waals surface area contributed by atoms with Crippen LogP contribution in [-0.2, 0) is 28.6 Å². The molecule has 60 heavy (non-hydrogen) atoms. The molecular formula is C54H104O6. The van der Waals surface area contributed by atoms with Crippen LogP contribution in [-0.4, -0.2) is 37.2 Å². The lowest BCUT2D eigenvalue weighted by atomic mass is 10.0. The van der Waals surface area contributed by atoms with E-state index in [2.05, 4.69) is 27.7 Å². The van der Waals surface area contributed by atoms with Crippen LogP contribution in [0.1, 0.15) is 304 Å². The van der Waals surface area contributed by atoms with Gasteiger partial charge in [-0.2, -0.15) is 0 Å². The second-order valence-corrected chi connectivity index (χ2v) is 19.0. The van der Waals surface area contributed by atoms with E-state index in [1.807, 2.05) is 0 Å². The Labute approximate surface area is 374 Å². The van der Waals surface area contributed by atoms with Crippen LogP contribution in [0.15, 0.2) is 0 Å². The highest BCUT2D eigenvalue weighted by Gasteiger charge is 2.19. The third kappa shape index (κ3) is 47.5. The number of carbonyl (C=O) groups is 3. The molecule has 0 N–H and O–H groups in total. The molecule has 0 aromatic carbocycles. The van der Waals surface area contributed by atoms with Gasteiger partial charge in [-0.15, -0.1) is 0 Å². The van der Waals surface area contributed by atoms with Crippen LogP contribution < -0.4 is 0 Å². The van der Waals surface area contributed by atoms with E-state index in [1.165, 1.54) is 199 Å². The molecule has 0 aromatic rings. The van der Waals surface area contributed by atoms with Crippen LogP contribution in [0, 0.1) is 5.92 Å². The van der Waals surface area contributed by atoms with Crippen molar-refractivity contribution in [1.29, 1.82) is 0 Å². The van der Waals surface area contributed by atoms with Crippen molar-refractivity contribution >= 4 is 17.9 Å². The Morgan fingerprint density at radius 1 is 0.317 bits per heavy atom. The minimum Gasteiger partial charge on any atom is -0.462 e. The molecule has 0 aromatic heterocycles. The predicted octanol–water partition coefficient (Wildman–Crippen LogP) is 17.5. The molecule has 0 amide bonds. The second kappa shape index (κ2) is 48.4. The zero-order valence-corrected chi connectivity index (χ0v) is 40.9. The fraction of sp³-hybridized carbons (Fsp3) is 0.944. The summed E-state index contributed by atoms with van der Waals surface area (Å²) >= 11 is 0. The molecule has 0 aliphatic heterocycles. The standard InChI is InChI=1S/C54H104O6/c1-5-7-9-11-13-15-17-19-21-23-25-27-29-33-37-41-45-52(55)58-48-51(49-59-53(56)46-42-38-35-31-32-36-40-44-50(3)4)60-54(57)47-43-39-34-30-28-26-24-22-20-18-16-14-12-10-8-6-2/h50-51H,5-49H2,1-4H3/t51-/m0/s1. The van der Waals surface area contributed by atoms with Gasteiger partial charge in [0, 0.05) is 19.3 Å². The van der Waals surface area contributed by atoms with Crippen LogP contribution in [0.2, 0.25) is 0 Å². The maximum atomic E-state index is 12.8. The van der Waals surface area contributed by atoms with Crippen LogP contribution in [0.25, 0.3) is 0 Å². The van der Waals surface area contributed by atoms with E-state index in [0.717, 1.165) is 63.7 Å². The summed E-state index contributed by atoms with van der Waals surface area (Å²) in [6.07, 6.45) is 51.0. The lowest BCUT2D eigenvalue weighted by Crippen LogP contribution is -2.30. The van der Waals surface area contributed by atoms with Crippen LogP contribution in [0.5, 0.6) is 0 Å². The summed E-state index contributed by atoms with van der Waals surface area (Å²) in [7, 11) is 0.